The van der Waals surface area contributed by atoms with Crippen molar-refractivity contribution in [1.29, 1.82) is 0 Å². The second-order valence-electron chi connectivity index (χ2n) is 5.31. The van der Waals surface area contributed by atoms with Crippen molar-refractivity contribution in [3.05, 3.63) is 29.8 Å². The molecule has 2 N–H and O–H groups in total. The van der Waals surface area contributed by atoms with Crippen molar-refractivity contribution in [2.75, 3.05) is 0 Å². The summed E-state index contributed by atoms with van der Waals surface area (Å²) < 4.78 is 51.8. The van der Waals surface area contributed by atoms with E-state index in [0.717, 1.165) is 37.8 Å². The van der Waals surface area contributed by atoms with Crippen LogP contribution in [0, 0.1) is 11.6 Å². The highest BCUT2D eigenvalue weighted by molar-refractivity contribution is 7.92. The van der Waals surface area contributed by atoms with Crippen LogP contribution >= 0.6 is 0 Å². The van der Waals surface area contributed by atoms with Gasteiger partial charge in [0.05, 0.1) is 5.25 Å². The van der Waals surface area contributed by atoms with Crippen LogP contribution in [0.15, 0.2) is 23.1 Å². The van der Waals surface area contributed by atoms with Crippen molar-refractivity contribution in [1.82, 2.24) is 0 Å². The molecular weight excluding hydrogens is 284 g/mol. The Labute approximate surface area is 118 Å². The predicted octanol–water partition coefficient (Wildman–Crippen LogP) is 2.79. The van der Waals surface area contributed by atoms with Gasteiger partial charge in [0, 0.05) is 12.1 Å². The summed E-state index contributed by atoms with van der Waals surface area (Å²) in [5.74, 6) is -1.83. The van der Waals surface area contributed by atoms with Crippen molar-refractivity contribution in [2.45, 2.75) is 54.7 Å². The molecule has 1 aliphatic carbocycles. The Balaban J connectivity index is 2.36. The van der Waals surface area contributed by atoms with E-state index in [1.54, 1.807) is 0 Å². The molecule has 0 amide bonds. The van der Waals surface area contributed by atoms with E-state index in [2.05, 4.69) is 0 Å². The van der Waals surface area contributed by atoms with Gasteiger partial charge in [-0.2, -0.15) is 0 Å². The van der Waals surface area contributed by atoms with Crippen LogP contribution in [-0.4, -0.2) is 19.7 Å². The lowest BCUT2D eigenvalue weighted by atomic mass is 9.97. The SMILES string of the molecule is NC1CCCCCCC1S(=O)(=O)c1ccc(F)cc1F. The standard InChI is InChI=1S/C14H19F2NO2S/c15-10-7-8-13(11(16)9-10)20(18,19)14-6-4-2-1-3-5-12(14)17/h7-9,12,14H,1-6,17H2. The third-order valence-electron chi connectivity index (χ3n) is 3.85. The van der Waals surface area contributed by atoms with E-state index in [4.69, 9.17) is 5.73 Å². The fourth-order valence-corrected chi connectivity index (χ4v) is 4.72. The van der Waals surface area contributed by atoms with Gasteiger partial charge in [0.2, 0.25) is 0 Å². The van der Waals surface area contributed by atoms with Crippen LogP contribution in [0.5, 0.6) is 0 Å². The van der Waals surface area contributed by atoms with Gasteiger partial charge >= 0.3 is 0 Å². The van der Waals surface area contributed by atoms with Crippen LogP contribution in [0.4, 0.5) is 8.78 Å². The van der Waals surface area contributed by atoms with Crippen LogP contribution in [0.25, 0.3) is 0 Å². The summed E-state index contributed by atoms with van der Waals surface area (Å²) in [5.41, 5.74) is 5.98. The summed E-state index contributed by atoms with van der Waals surface area (Å²) in [6.45, 7) is 0. The van der Waals surface area contributed by atoms with Gasteiger partial charge in [0.25, 0.3) is 0 Å². The van der Waals surface area contributed by atoms with Crippen LogP contribution < -0.4 is 5.73 Å². The predicted molar refractivity (Wildman–Crippen MR) is 73.0 cm³/mol. The maximum Gasteiger partial charge on any atom is 0.185 e. The molecule has 1 saturated carbocycles. The van der Waals surface area contributed by atoms with Crippen molar-refractivity contribution >= 4 is 9.84 Å². The van der Waals surface area contributed by atoms with E-state index < -0.39 is 37.7 Å². The van der Waals surface area contributed by atoms with Crippen molar-refractivity contribution in [3.8, 4) is 0 Å². The highest BCUT2D eigenvalue weighted by Gasteiger charge is 2.34. The molecule has 1 aromatic carbocycles. The second-order valence-corrected chi connectivity index (χ2v) is 7.45. The molecule has 2 unspecified atom stereocenters. The first-order valence-electron chi connectivity index (χ1n) is 6.87. The van der Waals surface area contributed by atoms with Crippen molar-refractivity contribution < 1.29 is 17.2 Å². The molecule has 112 valence electrons. The molecule has 0 heterocycles. The average molecular weight is 303 g/mol. The van der Waals surface area contributed by atoms with Gasteiger partial charge < -0.3 is 5.73 Å². The summed E-state index contributed by atoms with van der Waals surface area (Å²) in [7, 11) is -3.86. The normalized spacial score (nSPS) is 24.9. The molecule has 6 heteroatoms. The Kier molecular flexibility index (Phi) is 4.75. The zero-order valence-electron chi connectivity index (χ0n) is 11.2. The third-order valence-corrected chi connectivity index (χ3v) is 6.18. The number of nitrogens with two attached hydrogens (primary N) is 1. The lowest BCUT2D eigenvalue weighted by Crippen LogP contribution is -2.41. The molecule has 3 nitrogen and oxygen atoms in total. The number of hydrogen-bond acceptors (Lipinski definition) is 3. The van der Waals surface area contributed by atoms with E-state index >= 15 is 0 Å². The average Bonchev–Trinajstić information content (AvgIpc) is 2.33. The molecule has 1 fully saturated rings. The molecule has 1 aromatic rings. The number of benzene rings is 1. The first kappa shape index (κ1) is 15.4. The smallest absolute Gasteiger partial charge is 0.185 e. The van der Waals surface area contributed by atoms with E-state index in [9.17, 15) is 17.2 Å². The van der Waals surface area contributed by atoms with Gasteiger partial charge in [-0.25, -0.2) is 17.2 Å². The fourth-order valence-electron chi connectivity index (χ4n) is 2.73. The third kappa shape index (κ3) is 3.17. The largest absolute Gasteiger partial charge is 0.327 e. The fraction of sp³-hybridized carbons (Fsp3) is 0.571. The Morgan fingerprint density at radius 3 is 2.35 bits per heavy atom. The molecular formula is C14H19F2NO2S. The minimum absolute atomic E-state index is 0.431. The molecule has 0 saturated heterocycles. The molecule has 0 bridgehead atoms. The molecule has 1 aliphatic rings. The second kappa shape index (κ2) is 6.18. The van der Waals surface area contributed by atoms with Gasteiger partial charge in [-0.1, -0.05) is 25.7 Å². The monoisotopic (exact) mass is 303 g/mol. The first-order valence-corrected chi connectivity index (χ1v) is 8.42. The molecule has 0 aromatic heterocycles. The summed E-state index contributed by atoms with van der Waals surface area (Å²) in [4.78, 5) is -0.445. The van der Waals surface area contributed by atoms with Gasteiger partial charge in [0.1, 0.15) is 16.5 Å². The highest BCUT2D eigenvalue weighted by Crippen LogP contribution is 2.28. The van der Waals surface area contributed by atoms with Crippen LogP contribution in [0.1, 0.15) is 38.5 Å². The maximum absolute atomic E-state index is 13.7. The summed E-state index contributed by atoms with van der Waals surface area (Å²) in [6, 6.07) is 2.06. The van der Waals surface area contributed by atoms with Crippen LogP contribution in [0.2, 0.25) is 0 Å². The Morgan fingerprint density at radius 1 is 1.05 bits per heavy atom. The van der Waals surface area contributed by atoms with E-state index in [-0.39, 0.29) is 0 Å². The molecule has 20 heavy (non-hydrogen) atoms. The van der Waals surface area contributed by atoms with Crippen LogP contribution in [0.3, 0.4) is 0 Å². The summed E-state index contributed by atoms with van der Waals surface area (Å²) >= 11 is 0. The van der Waals surface area contributed by atoms with Gasteiger partial charge in [-0.3, -0.25) is 0 Å². The molecule has 2 rings (SSSR count). The zero-order valence-corrected chi connectivity index (χ0v) is 12.0. The van der Waals surface area contributed by atoms with Crippen molar-refractivity contribution in [3.63, 3.8) is 0 Å². The lowest BCUT2D eigenvalue weighted by molar-refractivity contribution is 0.442. The lowest BCUT2D eigenvalue weighted by Gasteiger charge is -2.26. The Morgan fingerprint density at radius 2 is 1.70 bits per heavy atom. The Hall–Kier alpha value is -1.01. The number of sulfone groups is 1. The quantitative estimate of drug-likeness (QED) is 0.855. The topological polar surface area (TPSA) is 60.2 Å². The Bertz CT molecular complexity index is 575. The minimum Gasteiger partial charge on any atom is -0.327 e. The maximum atomic E-state index is 13.7. The molecule has 0 radical (unpaired) electrons. The number of halogens is 2. The molecule has 2 atom stereocenters. The van der Waals surface area contributed by atoms with E-state index in [1.807, 2.05) is 0 Å². The molecule has 0 aliphatic heterocycles. The van der Waals surface area contributed by atoms with Crippen LogP contribution in [-0.2, 0) is 9.84 Å². The summed E-state index contributed by atoms with van der Waals surface area (Å²) in [5, 5.41) is -0.789. The van der Waals surface area contributed by atoms with Gasteiger partial charge in [-0.05, 0) is 25.0 Å². The first-order chi connectivity index (χ1) is 9.43. The highest BCUT2D eigenvalue weighted by atomic mass is 32.2. The summed E-state index contributed by atoms with van der Waals surface area (Å²) in [6.07, 6.45) is 4.71. The van der Waals surface area contributed by atoms with E-state index in [0.29, 0.717) is 18.9 Å². The van der Waals surface area contributed by atoms with Crippen molar-refractivity contribution in [2.24, 2.45) is 5.73 Å². The zero-order chi connectivity index (χ0) is 14.8. The number of hydrogen-bond donors (Lipinski definition) is 1. The van der Waals surface area contributed by atoms with Gasteiger partial charge in [-0.15, -0.1) is 0 Å². The van der Waals surface area contributed by atoms with Gasteiger partial charge in [0.15, 0.2) is 9.84 Å². The minimum atomic E-state index is -3.86. The number of rotatable bonds is 2. The van der Waals surface area contributed by atoms with E-state index in [1.165, 1.54) is 0 Å². The molecule has 0 spiro atoms.